The van der Waals surface area contributed by atoms with Crippen molar-refractivity contribution in [3.63, 3.8) is 0 Å². The van der Waals surface area contributed by atoms with Gasteiger partial charge in [0.25, 0.3) is 0 Å². The van der Waals surface area contributed by atoms with E-state index >= 15 is 0 Å². The molecule has 2 aromatic rings. The first-order valence-corrected chi connectivity index (χ1v) is 10.9. The van der Waals surface area contributed by atoms with E-state index in [1.54, 1.807) is 6.20 Å². The topological polar surface area (TPSA) is 137 Å². The minimum absolute atomic E-state index is 0.116. The maximum atomic E-state index is 12.0. The molecule has 2 aliphatic carbocycles. The Morgan fingerprint density at radius 3 is 2.84 bits per heavy atom. The summed E-state index contributed by atoms with van der Waals surface area (Å²) in [5, 5.41) is 10.4. The van der Waals surface area contributed by atoms with Gasteiger partial charge in [-0.15, -0.1) is 5.10 Å². The van der Waals surface area contributed by atoms with Crippen LogP contribution in [0.15, 0.2) is 35.2 Å². The largest absolute Gasteiger partial charge is 0.369 e. The van der Waals surface area contributed by atoms with Gasteiger partial charge in [-0.1, -0.05) is 30.8 Å². The number of hydrogen-bond acceptors (Lipinski definition) is 8. The molecule has 31 heavy (non-hydrogen) atoms. The summed E-state index contributed by atoms with van der Waals surface area (Å²) in [6, 6.07) is -0.116. The van der Waals surface area contributed by atoms with Crippen molar-refractivity contribution >= 4 is 45.3 Å². The van der Waals surface area contributed by atoms with Crippen molar-refractivity contribution in [3.8, 4) is 0 Å². The number of carbonyl (C=O) groups is 2. The third kappa shape index (κ3) is 4.71. The van der Waals surface area contributed by atoms with Crippen molar-refractivity contribution in [2.45, 2.75) is 32.7 Å². The van der Waals surface area contributed by atoms with Gasteiger partial charge in [-0.2, -0.15) is 4.98 Å². The highest BCUT2D eigenvalue weighted by molar-refractivity contribution is 9.10. The van der Waals surface area contributed by atoms with Gasteiger partial charge in [0.15, 0.2) is 0 Å². The van der Waals surface area contributed by atoms with Crippen LogP contribution in [-0.2, 0) is 9.59 Å². The molecule has 2 aromatic heterocycles. The van der Waals surface area contributed by atoms with E-state index in [0.717, 1.165) is 11.3 Å². The van der Waals surface area contributed by atoms with Crippen LogP contribution in [0.5, 0.6) is 0 Å². The normalized spacial score (nSPS) is 23.9. The summed E-state index contributed by atoms with van der Waals surface area (Å²) in [5.74, 6) is 0.548. The van der Waals surface area contributed by atoms with E-state index in [0.29, 0.717) is 28.3 Å². The third-order valence-corrected chi connectivity index (χ3v) is 6.00. The third-order valence-electron chi connectivity index (χ3n) is 5.42. The minimum Gasteiger partial charge on any atom is -0.369 e. The molecule has 1 saturated carbocycles. The van der Waals surface area contributed by atoms with Gasteiger partial charge in [0.1, 0.15) is 5.82 Å². The van der Waals surface area contributed by atoms with E-state index in [1.807, 2.05) is 13.8 Å². The number of halogens is 1. The lowest BCUT2D eigenvalue weighted by Gasteiger charge is -2.27. The molecule has 2 heterocycles. The number of fused-ring (bicyclic) bond motifs is 2. The predicted molar refractivity (Wildman–Crippen MR) is 117 cm³/mol. The fourth-order valence-corrected chi connectivity index (χ4v) is 4.42. The van der Waals surface area contributed by atoms with Gasteiger partial charge in [-0.25, -0.2) is 9.78 Å². The van der Waals surface area contributed by atoms with Crippen molar-refractivity contribution < 1.29 is 14.4 Å². The van der Waals surface area contributed by atoms with Crippen molar-refractivity contribution in [2.24, 2.45) is 29.4 Å². The summed E-state index contributed by atoms with van der Waals surface area (Å²) in [7, 11) is 0. The Labute approximate surface area is 187 Å². The molecule has 1 amide bonds. The molecule has 0 saturated heterocycles. The Balaban J connectivity index is 1.45. The van der Waals surface area contributed by atoms with Gasteiger partial charge in [0.2, 0.25) is 11.9 Å². The standard InChI is InChI=1S/C20H24BrN7O3/c1-10(2)5-15(29)31-28-9-13(7-24-28)25-20-23-8-14(21)19(27-20)26-17-12-4-3-11(6-12)16(17)18(22)30/h3-4,7-12,16-17H,5-6H2,1-2H3,(H2,22,30)(H2,23,25,26,27)/t11-,12+,16+,17-/m1/s1. The van der Waals surface area contributed by atoms with Crippen molar-refractivity contribution in [1.82, 2.24) is 19.9 Å². The van der Waals surface area contributed by atoms with E-state index in [-0.39, 0.29) is 41.6 Å². The summed E-state index contributed by atoms with van der Waals surface area (Å²) in [5.41, 5.74) is 6.21. The number of nitrogens with one attached hydrogen (secondary N) is 2. The number of nitrogens with two attached hydrogens (primary N) is 1. The van der Waals surface area contributed by atoms with Crippen LogP contribution in [0.1, 0.15) is 26.7 Å². The highest BCUT2D eigenvalue weighted by Crippen LogP contribution is 2.45. The number of allylic oxidation sites excluding steroid dienone is 1. The molecule has 0 unspecified atom stereocenters. The molecule has 4 atom stereocenters. The van der Waals surface area contributed by atoms with Crippen LogP contribution in [0.3, 0.4) is 0 Å². The molecule has 2 aliphatic rings. The van der Waals surface area contributed by atoms with E-state index in [1.165, 1.54) is 12.4 Å². The van der Waals surface area contributed by atoms with Gasteiger partial charge in [0, 0.05) is 12.2 Å². The summed E-state index contributed by atoms with van der Waals surface area (Å²) in [6.07, 6.45) is 10.1. The van der Waals surface area contributed by atoms with E-state index in [2.05, 4.69) is 53.8 Å². The average molecular weight is 490 g/mol. The zero-order valence-corrected chi connectivity index (χ0v) is 18.7. The van der Waals surface area contributed by atoms with Crippen LogP contribution in [0, 0.1) is 23.7 Å². The molecular formula is C20H24BrN7O3. The molecule has 0 aromatic carbocycles. The van der Waals surface area contributed by atoms with Crippen molar-refractivity contribution in [2.75, 3.05) is 10.6 Å². The highest BCUT2D eigenvalue weighted by atomic mass is 79.9. The summed E-state index contributed by atoms with van der Waals surface area (Å²) < 4.78 is 0.673. The lowest BCUT2D eigenvalue weighted by atomic mass is 9.88. The van der Waals surface area contributed by atoms with Crippen LogP contribution in [-0.4, -0.2) is 37.8 Å². The van der Waals surface area contributed by atoms with Gasteiger partial charge in [0.05, 0.1) is 34.9 Å². The Bertz CT molecular complexity index is 1020. The molecule has 0 spiro atoms. The van der Waals surface area contributed by atoms with Crippen LogP contribution in [0.2, 0.25) is 0 Å². The minimum atomic E-state index is -0.361. The van der Waals surface area contributed by atoms with E-state index in [9.17, 15) is 9.59 Å². The van der Waals surface area contributed by atoms with Crippen molar-refractivity contribution in [1.29, 1.82) is 0 Å². The number of carbonyl (C=O) groups excluding carboxylic acids is 2. The first kappa shape index (κ1) is 21.3. The lowest BCUT2D eigenvalue weighted by Crippen LogP contribution is -2.41. The Morgan fingerprint density at radius 2 is 2.10 bits per heavy atom. The smallest absolute Gasteiger partial charge is 0.335 e. The number of nitrogens with zero attached hydrogens (tertiary/aromatic N) is 4. The first-order valence-electron chi connectivity index (χ1n) is 10.1. The van der Waals surface area contributed by atoms with Crippen LogP contribution in [0.25, 0.3) is 0 Å². The average Bonchev–Trinajstić information content (AvgIpc) is 3.40. The van der Waals surface area contributed by atoms with E-state index < -0.39 is 0 Å². The van der Waals surface area contributed by atoms with Gasteiger partial charge >= 0.3 is 5.97 Å². The summed E-state index contributed by atoms with van der Waals surface area (Å²) in [6.45, 7) is 3.87. The number of amides is 1. The molecule has 164 valence electrons. The first-order chi connectivity index (χ1) is 14.8. The second kappa shape index (κ2) is 8.66. The molecule has 10 nitrogen and oxygen atoms in total. The monoisotopic (exact) mass is 489 g/mol. The zero-order chi connectivity index (χ0) is 22.1. The fourth-order valence-electron chi connectivity index (χ4n) is 4.12. The van der Waals surface area contributed by atoms with Gasteiger partial charge in [-0.3, -0.25) is 4.79 Å². The molecular weight excluding hydrogens is 466 g/mol. The zero-order valence-electron chi connectivity index (χ0n) is 17.2. The SMILES string of the molecule is CC(C)CC(=O)On1cc(Nc2ncc(Br)c(N[C@H]3[C@@H](C(N)=O)[C@@H]4C=C[C@H]3C4)n2)cn1. The summed E-state index contributed by atoms with van der Waals surface area (Å²) in [4.78, 5) is 38.8. The second-order valence-corrected chi connectivity index (χ2v) is 9.11. The summed E-state index contributed by atoms with van der Waals surface area (Å²) >= 11 is 3.46. The van der Waals surface area contributed by atoms with Crippen LogP contribution >= 0.6 is 15.9 Å². The number of primary amides is 1. The van der Waals surface area contributed by atoms with Gasteiger partial charge in [-0.05, 0) is 40.1 Å². The predicted octanol–water partition coefficient (Wildman–Crippen LogP) is 2.27. The molecule has 4 rings (SSSR count). The molecule has 0 radical (unpaired) electrons. The number of hydrogen-bond donors (Lipinski definition) is 3. The number of aromatic nitrogens is 4. The quantitative estimate of drug-likeness (QED) is 0.480. The molecule has 0 aliphatic heterocycles. The maximum absolute atomic E-state index is 12.0. The molecule has 2 bridgehead atoms. The lowest BCUT2D eigenvalue weighted by molar-refractivity contribution is -0.146. The molecule has 1 fully saturated rings. The molecule has 4 N–H and O–H groups in total. The van der Waals surface area contributed by atoms with Crippen LogP contribution in [0.4, 0.5) is 17.5 Å². The van der Waals surface area contributed by atoms with E-state index in [4.69, 9.17) is 10.6 Å². The van der Waals surface area contributed by atoms with Crippen molar-refractivity contribution in [3.05, 3.63) is 35.2 Å². The fraction of sp³-hybridized carbons (Fsp3) is 0.450. The number of rotatable bonds is 8. The van der Waals surface area contributed by atoms with Crippen LogP contribution < -0.4 is 21.2 Å². The Morgan fingerprint density at radius 1 is 1.32 bits per heavy atom. The number of anilines is 3. The Kier molecular flexibility index (Phi) is 5.94. The second-order valence-electron chi connectivity index (χ2n) is 8.25. The van der Waals surface area contributed by atoms with Gasteiger partial charge < -0.3 is 21.2 Å². The molecule has 11 heteroatoms. The Hall–Kier alpha value is -2.95. The highest BCUT2D eigenvalue weighted by Gasteiger charge is 2.47. The maximum Gasteiger partial charge on any atom is 0.335 e.